The summed E-state index contributed by atoms with van der Waals surface area (Å²) < 4.78 is 5.71. The summed E-state index contributed by atoms with van der Waals surface area (Å²) in [7, 11) is 0. The Morgan fingerprint density at radius 1 is 1.29 bits per heavy atom. The zero-order chi connectivity index (χ0) is 15.2. The molecule has 0 aliphatic rings. The zero-order valence-corrected chi connectivity index (χ0v) is 14.1. The van der Waals surface area contributed by atoms with E-state index < -0.39 is 0 Å². The maximum absolute atomic E-state index is 5.71. The fourth-order valence-corrected chi connectivity index (χ4v) is 3.09. The van der Waals surface area contributed by atoms with Crippen molar-refractivity contribution in [1.82, 2.24) is 10.3 Å². The van der Waals surface area contributed by atoms with E-state index in [0.717, 1.165) is 35.0 Å². The number of hydrogen-bond acceptors (Lipinski definition) is 4. The Morgan fingerprint density at radius 2 is 2.05 bits per heavy atom. The highest BCUT2D eigenvalue weighted by atomic mass is 32.1. The maximum Gasteiger partial charge on any atom is 0.129 e. The van der Waals surface area contributed by atoms with Gasteiger partial charge in [-0.3, -0.25) is 0 Å². The summed E-state index contributed by atoms with van der Waals surface area (Å²) >= 11 is 1.75. The average Bonchev–Trinajstić information content (AvgIpc) is 2.86. The normalized spacial score (nSPS) is 12.4. The minimum atomic E-state index is 0.533. The van der Waals surface area contributed by atoms with Gasteiger partial charge in [0.05, 0.1) is 17.9 Å². The minimum absolute atomic E-state index is 0.533. The Bertz CT molecular complexity index is 580. The molecule has 1 heterocycles. The average molecular weight is 304 g/mol. The summed E-state index contributed by atoms with van der Waals surface area (Å²) in [6.07, 6.45) is 1.14. The molecule has 4 heteroatoms. The highest BCUT2D eigenvalue weighted by molar-refractivity contribution is 7.15. The second-order valence-electron chi connectivity index (χ2n) is 5.15. The first-order valence-corrected chi connectivity index (χ1v) is 8.39. The quantitative estimate of drug-likeness (QED) is 0.823. The van der Waals surface area contributed by atoms with Gasteiger partial charge >= 0.3 is 0 Å². The van der Waals surface area contributed by atoms with Gasteiger partial charge in [-0.1, -0.05) is 19.1 Å². The van der Waals surface area contributed by atoms with Crippen molar-refractivity contribution >= 4 is 11.3 Å². The highest BCUT2D eigenvalue weighted by Gasteiger charge is 2.13. The molecular formula is C17H24N2OS. The number of ether oxygens (including phenoxy) is 1. The zero-order valence-electron chi connectivity index (χ0n) is 13.3. The molecule has 0 fully saturated rings. The van der Waals surface area contributed by atoms with Crippen LogP contribution < -0.4 is 10.1 Å². The van der Waals surface area contributed by atoms with Gasteiger partial charge in [0.25, 0.3) is 0 Å². The molecule has 0 saturated carbocycles. The van der Waals surface area contributed by atoms with Crippen molar-refractivity contribution in [2.45, 2.75) is 46.7 Å². The molecule has 0 bridgehead atoms. The van der Waals surface area contributed by atoms with Crippen molar-refractivity contribution in [3.05, 3.63) is 34.8 Å². The molecule has 1 atom stereocenters. The molecule has 21 heavy (non-hydrogen) atoms. The SMILES string of the molecule is CCOc1ccccc1-c1nc(C)c(CNC(C)CC)s1. The van der Waals surface area contributed by atoms with Crippen molar-refractivity contribution in [2.24, 2.45) is 0 Å². The standard InChI is InChI=1S/C17H24N2OS/c1-5-12(3)18-11-16-13(4)19-17(21-16)14-9-7-8-10-15(14)20-6-2/h7-10,12,18H,5-6,11H2,1-4H3. The lowest BCUT2D eigenvalue weighted by atomic mass is 10.2. The number of hydrogen-bond donors (Lipinski definition) is 1. The number of benzene rings is 1. The van der Waals surface area contributed by atoms with Crippen LogP contribution in [-0.4, -0.2) is 17.6 Å². The van der Waals surface area contributed by atoms with Crippen molar-refractivity contribution < 1.29 is 4.74 Å². The summed E-state index contributed by atoms with van der Waals surface area (Å²) in [6, 6.07) is 8.65. The topological polar surface area (TPSA) is 34.1 Å². The van der Waals surface area contributed by atoms with Gasteiger partial charge in [0.1, 0.15) is 10.8 Å². The molecular weight excluding hydrogens is 280 g/mol. The molecule has 1 N–H and O–H groups in total. The van der Waals surface area contributed by atoms with E-state index in [1.165, 1.54) is 4.88 Å². The van der Waals surface area contributed by atoms with E-state index in [-0.39, 0.29) is 0 Å². The molecule has 2 rings (SSSR count). The van der Waals surface area contributed by atoms with E-state index in [0.29, 0.717) is 12.6 Å². The first-order valence-electron chi connectivity index (χ1n) is 7.57. The third-order valence-corrected chi connectivity index (χ3v) is 4.72. The predicted molar refractivity (Wildman–Crippen MR) is 90.0 cm³/mol. The van der Waals surface area contributed by atoms with Crippen LogP contribution in [0.5, 0.6) is 5.75 Å². The van der Waals surface area contributed by atoms with E-state index in [1.807, 2.05) is 25.1 Å². The van der Waals surface area contributed by atoms with E-state index >= 15 is 0 Å². The van der Waals surface area contributed by atoms with E-state index in [1.54, 1.807) is 11.3 Å². The predicted octanol–water partition coefficient (Wildman–Crippen LogP) is 4.41. The van der Waals surface area contributed by atoms with Gasteiger partial charge in [0.15, 0.2) is 0 Å². The van der Waals surface area contributed by atoms with Gasteiger partial charge < -0.3 is 10.1 Å². The molecule has 2 aromatic rings. The molecule has 0 aliphatic heterocycles. The smallest absolute Gasteiger partial charge is 0.129 e. The summed E-state index contributed by atoms with van der Waals surface area (Å²) in [6.45, 7) is 10.0. The Labute approximate surface area is 131 Å². The Balaban J connectivity index is 2.22. The lowest BCUT2D eigenvalue weighted by Gasteiger charge is -2.09. The van der Waals surface area contributed by atoms with Gasteiger partial charge in [-0.2, -0.15) is 0 Å². The number of aryl methyl sites for hydroxylation is 1. The number of rotatable bonds is 7. The Hall–Kier alpha value is -1.39. The lowest BCUT2D eigenvalue weighted by Crippen LogP contribution is -2.24. The van der Waals surface area contributed by atoms with E-state index in [2.05, 4.69) is 32.2 Å². The van der Waals surface area contributed by atoms with E-state index in [9.17, 15) is 0 Å². The lowest BCUT2D eigenvalue weighted by molar-refractivity contribution is 0.341. The molecule has 1 aromatic heterocycles. The van der Waals surface area contributed by atoms with Crippen LogP contribution in [0.15, 0.2) is 24.3 Å². The summed E-state index contributed by atoms with van der Waals surface area (Å²) in [5.41, 5.74) is 2.19. The summed E-state index contributed by atoms with van der Waals surface area (Å²) in [5.74, 6) is 0.912. The second-order valence-corrected chi connectivity index (χ2v) is 6.23. The van der Waals surface area contributed by atoms with Crippen LogP contribution in [0.4, 0.5) is 0 Å². The van der Waals surface area contributed by atoms with E-state index in [4.69, 9.17) is 9.72 Å². The molecule has 1 unspecified atom stereocenters. The second kappa shape index (κ2) is 7.57. The first-order chi connectivity index (χ1) is 10.2. The van der Waals surface area contributed by atoms with Crippen LogP contribution in [0.2, 0.25) is 0 Å². The largest absolute Gasteiger partial charge is 0.493 e. The summed E-state index contributed by atoms with van der Waals surface area (Å²) in [5, 5.41) is 4.57. The van der Waals surface area contributed by atoms with Crippen LogP contribution in [0.3, 0.4) is 0 Å². The monoisotopic (exact) mass is 304 g/mol. The van der Waals surface area contributed by atoms with Crippen LogP contribution in [0.25, 0.3) is 10.6 Å². The van der Waals surface area contributed by atoms with Crippen molar-refractivity contribution in [3.63, 3.8) is 0 Å². The van der Waals surface area contributed by atoms with Gasteiger partial charge in [-0.15, -0.1) is 11.3 Å². The maximum atomic E-state index is 5.71. The van der Waals surface area contributed by atoms with Gasteiger partial charge in [-0.05, 0) is 39.3 Å². The highest BCUT2D eigenvalue weighted by Crippen LogP contribution is 2.34. The number of aromatic nitrogens is 1. The molecule has 0 spiro atoms. The van der Waals surface area contributed by atoms with Crippen LogP contribution in [0, 0.1) is 6.92 Å². The van der Waals surface area contributed by atoms with Crippen LogP contribution in [-0.2, 0) is 6.54 Å². The molecule has 3 nitrogen and oxygen atoms in total. The fourth-order valence-electron chi connectivity index (χ4n) is 2.04. The summed E-state index contributed by atoms with van der Waals surface area (Å²) in [4.78, 5) is 6.03. The molecule has 0 saturated heterocycles. The third-order valence-electron chi connectivity index (χ3n) is 3.53. The van der Waals surface area contributed by atoms with Gasteiger partial charge in [-0.25, -0.2) is 4.98 Å². The number of nitrogens with zero attached hydrogens (tertiary/aromatic N) is 1. The Morgan fingerprint density at radius 3 is 2.76 bits per heavy atom. The fraction of sp³-hybridized carbons (Fsp3) is 0.471. The minimum Gasteiger partial charge on any atom is -0.493 e. The van der Waals surface area contributed by atoms with Crippen molar-refractivity contribution in [1.29, 1.82) is 0 Å². The third kappa shape index (κ3) is 4.05. The first kappa shape index (κ1) is 16.0. The van der Waals surface area contributed by atoms with Crippen molar-refractivity contribution in [3.8, 4) is 16.3 Å². The number of para-hydroxylation sites is 1. The number of thiazole rings is 1. The Kier molecular flexibility index (Phi) is 5.76. The molecule has 0 radical (unpaired) electrons. The van der Waals surface area contributed by atoms with Crippen molar-refractivity contribution in [2.75, 3.05) is 6.61 Å². The molecule has 1 aromatic carbocycles. The van der Waals surface area contributed by atoms with Crippen LogP contribution >= 0.6 is 11.3 Å². The molecule has 114 valence electrons. The molecule has 0 amide bonds. The van der Waals surface area contributed by atoms with Gasteiger partial charge in [0, 0.05) is 17.5 Å². The van der Waals surface area contributed by atoms with Crippen LogP contribution in [0.1, 0.15) is 37.8 Å². The molecule has 0 aliphatic carbocycles. The number of nitrogens with one attached hydrogen (secondary N) is 1. The van der Waals surface area contributed by atoms with Gasteiger partial charge in [0.2, 0.25) is 0 Å².